The number of hydrogen-bond acceptors (Lipinski definition) is 8. The van der Waals surface area contributed by atoms with E-state index >= 15 is 0 Å². The Kier molecular flexibility index (Phi) is 15.2. The highest BCUT2D eigenvalue weighted by Crippen LogP contribution is 2.28. The smallest absolute Gasteiger partial charge is 0.406 e. The van der Waals surface area contributed by atoms with E-state index in [1.54, 1.807) is 0 Å². The number of nitrogens with zero attached hydrogens (tertiary/aromatic N) is 1. The fourth-order valence-electron chi connectivity index (χ4n) is 4.90. The van der Waals surface area contributed by atoms with Gasteiger partial charge in [0.15, 0.2) is 0 Å². The van der Waals surface area contributed by atoms with Crippen LogP contribution in [-0.4, -0.2) is 86.2 Å². The number of hydrogen-bond donors (Lipinski definition) is 6. The molecule has 2 rings (SSSR count). The molecule has 242 valence electrons. The number of alkyl halides is 3. The average Bonchev–Trinajstić information content (AvgIpc) is 2.97. The Bertz CT molecular complexity index is 1030. The van der Waals surface area contributed by atoms with E-state index in [2.05, 4.69) is 20.7 Å². The molecule has 12 nitrogen and oxygen atoms in total. The van der Waals surface area contributed by atoms with Crippen LogP contribution in [0.1, 0.15) is 61.7 Å². The van der Waals surface area contributed by atoms with E-state index in [0.29, 0.717) is 12.3 Å². The lowest BCUT2D eigenvalue weighted by atomic mass is 9.85. The highest BCUT2D eigenvalue weighted by Gasteiger charge is 2.31. The van der Waals surface area contributed by atoms with Crippen molar-refractivity contribution in [3.63, 3.8) is 0 Å². The van der Waals surface area contributed by atoms with Crippen LogP contribution in [0.3, 0.4) is 0 Å². The molecule has 15 heteroatoms. The van der Waals surface area contributed by atoms with E-state index in [4.69, 9.17) is 17.2 Å². The van der Waals surface area contributed by atoms with E-state index in [1.807, 2.05) is 0 Å². The molecule has 1 saturated carbocycles. The Morgan fingerprint density at radius 2 is 1.53 bits per heavy atom. The summed E-state index contributed by atoms with van der Waals surface area (Å²) in [6.45, 7) is 1.10. The Labute approximate surface area is 249 Å². The summed E-state index contributed by atoms with van der Waals surface area (Å²) in [7, 11) is 0. The van der Waals surface area contributed by atoms with Gasteiger partial charge in [-0.25, -0.2) is 0 Å². The van der Waals surface area contributed by atoms with Crippen molar-refractivity contribution in [2.75, 3.05) is 39.3 Å². The molecule has 9 N–H and O–H groups in total. The lowest BCUT2D eigenvalue weighted by Crippen LogP contribution is -2.53. The van der Waals surface area contributed by atoms with Gasteiger partial charge >= 0.3 is 6.36 Å². The molecule has 0 radical (unpaired) electrons. The summed E-state index contributed by atoms with van der Waals surface area (Å²) in [4.78, 5) is 52.3. The van der Waals surface area contributed by atoms with E-state index in [9.17, 15) is 32.3 Å². The van der Waals surface area contributed by atoms with Crippen LogP contribution in [0.5, 0.6) is 5.75 Å². The van der Waals surface area contributed by atoms with Gasteiger partial charge < -0.3 is 42.8 Å². The van der Waals surface area contributed by atoms with E-state index in [-0.39, 0.29) is 57.2 Å². The number of carbonyl (C=O) groups is 4. The number of carbonyl (C=O) groups excluding carboxylic acids is 4. The Morgan fingerprint density at radius 1 is 0.930 bits per heavy atom. The van der Waals surface area contributed by atoms with Crippen molar-refractivity contribution in [3.05, 3.63) is 29.8 Å². The van der Waals surface area contributed by atoms with Gasteiger partial charge in [-0.1, -0.05) is 32.1 Å². The summed E-state index contributed by atoms with van der Waals surface area (Å²) in [6.07, 6.45) is 1.57. The highest BCUT2D eigenvalue weighted by molar-refractivity contribution is 5.94. The van der Waals surface area contributed by atoms with Crippen LogP contribution in [-0.2, 0) is 14.4 Å². The van der Waals surface area contributed by atoms with E-state index < -0.39 is 41.9 Å². The van der Waals surface area contributed by atoms with Crippen molar-refractivity contribution in [1.29, 1.82) is 0 Å². The molecular weight excluding hydrogens is 571 g/mol. The van der Waals surface area contributed by atoms with Crippen LogP contribution in [0.15, 0.2) is 24.3 Å². The Balaban J connectivity index is 1.91. The first-order valence-electron chi connectivity index (χ1n) is 14.6. The number of nitrogens with one attached hydrogen (secondary N) is 3. The maximum atomic E-state index is 13.1. The molecule has 1 aliphatic rings. The molecule has 0 aromatic heterocycles. The van der Waals surface area contributed by atoms with E-state index in [0.717, 1.165) is 44.2 Å². The standard InChI is InChI=1S/C28H44F3N7O5/c29-28(30,31)43-21-9-7-20(8-10-21)25(40)35-14-15-36-27(42)23(11-6-19-4-2-1-3-5-19)37-26(41)22(34)18-24(39)38(16-12-32)17-13-33/h7-10,19,22-23H,1-6,11-18,32-34H2,(H,35,40)(H,36,42)(H,37,41)/t22-,23-/m0/s1. The second-order valence-corrected chi connectivity index (χ2v) is 10.5. The minimum atomic E-state index is -4.84. The summed E-state index contributed by atoms with van der Waals surface area (Å²) >= 11 is 0. The van der Waals surface area contributed by atoms with Gasteiger partial charge in [0.25, 0.3) is 5.91 Å². The van der Waals surface area contributed by atoms with Crippen molar-refractivity contribution in [1.82, 2.24) is 20.9 Å². The molecule has 0 heterocycles. The summed E-state index contributed by atoms with van der Waals surface area (Å²) in [6, 6.07) is 2.35. The predicted octanol–water partition coefficient (Wildman–Crippen LogP) is 0.740. The fraction of sp³-hybridized carbons (Fsp3) is 0.643. The number of nitrogens with two attached hydrogens (primary N) is 3. The van der Waals surface area contributed by atoms with Crippen LogP contribution in [0.25, 0.3) is 0 Å². The molecule has 1 aliphatic carbocycles. The molecule has 0 bridgehead atoms. The lowest BCUT2D eigenvalue weighted by Gasteiger charge is -2.26. The zero-order valence-electron chi connectivity index (χ0n) is 24.3. The van der Waals surface area contributed by atoms with Crippen molar-refractivity contribution in [2.24, 2.45) is 23.1 Å². The largest absolute Gasteiger partial charge is 0.573 e. The van der Waals surface area contributed by atoms with Crippen LogP contribution in [0.2, 0.25) is 0 Å². The molecule has 1 fully saturated rings. The van der Waals surface area contributed by atoms with Gasteiger partial charge in [0.05, 0.1) is 12.5 Å². The Morgan fingerprint density at radius 3 is 2.12 bits per heavy atom. The first kappa shape index (κ1) is 35.8. The van der Waals surface area contributed by atoms with Gasteiger partial charge in [0, 0.05) is 44.8 Å². The third-order valence-electron chi connectivity index (χ3n) is 7.16. The second kappa shape index (κ2) is 18.3. The van der Waals surface area contributed by atoms with Gasteiger partial charge in [-0.2, -0.15) is 0 Å². The Hall–Kier alpha value is -3.43. The number of ether oxygens (including phenoxy) is 1. The minimum Gasteiger partial charge on any atom is -0.406 e. The molecule has 1 aromatic carbocycles. The quantitative estimate of drug-likeness (QED) is 0.138. The molecule has 2 atom stereocenters. The van der Waals surface area contributed by atoms with Gasteiger partial charge in [-0.3, -0.25) is 19.2 Å². The molecule has 1 aromatic rings. The van der Waals surface area contributed by atoms with Gasteiger partial charge in [-0.05, 0) is 43.0 Å². The van der Waals surface area contributed by atoms with Crippen LogP contribution in [0.4, 0.5) is 13.2 Å². The van der Waals surface area contributed by atoms with Gasteiger partial charge in [0.2, 0.25) is 17.7 Å². The zero-order valence-corrected chi connectivity index (χ0v) is 24.3. The fourth-order valence-corrected chi connectivity index (χ4v) is 4.90. The maximum absolute atomic E-state index is 13.1. The summed E-state index contributed by atoms with van der Waals surface area (Å²) in [5.41, 5.74) is 17.2. The molecule has 43 heavy (non-hydrogen) atoms. The SMILES string of the molecule is NCCN(CCN)C(=O)C[C@H](N)C(=O)N[C@@H](CCC1CCCCC1)C(=O)NCCNC(=O)c1ccc(OC(F)(F)F)cc1. The number of amides is 4. The van der Waals surface area contributed by atoms with E-state index in [1.165, 1.54) is 23.5 Å². The second-order valence-electron chi connectivity index (χ2n) is 10.5. The molecule has 0 saturated heterocycles. The molecule has 0 spiro atoms. The molecule has 4 amide bonds. The summed E-state index contributed by atoms with van der Waals surface area (Å²) in [5.74, 6) is -2.01. The van der Waals surface area contributed by atoms with Crippen LogP contribution in [0, 0.1) is 5.92 Å². The maximum Gasteiger partial charge on any atom is 0.573 e. The summed E-state index contributed by atoms with van der Waals surface area (Å²) < 4.78 is 40.8. The highest BCUT2D eigenvalue weighted by atomic mass is 19.4. The predicted molar refractivity (Wildman–Crippen MR) is 153 cm³/mol. The zero-order chi connectivity index (χ0) is 31.8. The third kappa shape index (κ3) is 13.6. The molecule has 0 aliphatic heterocycles. The lowest BCUT2D eigenvalue weighted by molar-refractivity contribution is -0.274. The molecular formula is C28H44F3N7O5. The minimum absolute atomic E-state index is 0.0286. The van der Waals surface area contributed by atoms with Gasteiger partial charge in [-0.15, -0.1) is 13.2 Å². The number of halogens is 3. The monoisotopic (exact) mass is 615 g/mol. The van der Waals surface area contributed by atoms with Crippen molar-refractivity contribution < 1.29 is 37.1 Å². The van der Waals surface area contributed by atoms with Gasteiger partial charge in [0.1, 0.15) is 11.8 Å². The van der Waals surface area contributed by atoms with Crippen LogP contribution < -0.4 is 37.9 Å². The first-order chi connectivity index (χ1) is 20.4. The van der Waals surface area contributed by atoms with Crippen molar-refractivity contribution >= 4 is 23.6 Å². The first-order valence-corrected chi connectivity index (χ1v) is 14.6. The number of benzene rings is 1. The number of rotatable bonds is 17. The van der Waals surface area contributed by atoms with Crippen molar-refractivity contribution in [2.45, 2.75) is 69.8 Å². The topological polar surface area (TPSA) is 195 Å². The normalized spacial score (nSPS) is 15.2. The average molecular weight is 616 g/mol. The van der Waals surface area contributed by atoms with Crippen molar-refractivity contribution in [3.8, 4) is 5.75 Å². The van der Waals surface area contributed by atoms with Crippen LogP contribution >= 0.6 is 0 Å². The molecule has 0 unspecified atom stereocenters. The third-order valence-corrected chi connectivity index (χ3v) is 7.16. The summed E-state index contributed by atoms with van der Waals surface area (Å²) in [5, 5.41) is 7.95.